The van der Waals surface area contributed by atoms with Gasteiger partial charge in [0.05, 0.1) is 0 Å². The van der Waals surface area contributed by atoms with Crippen LogP contribution < -0.4 is 5.32 Å². The zero-order valence-electron chi connectivity index (χ0n) is 12.9. The predicted molar refractivity (Wildman–Crippen MR) is 89.1 cm³/mol. The first-order valence-electron chi connectivity index (χ1n) is 7.54. The second-order valence-corrected chi connectivity index (χ2v) is 7.48. The van der Waals surface area contributed by atoms with E-state index < -0.39 is 0 Å². The molecule has 1 aromatic rings. The van der Waals surface area contributed by atoms with Crippen molar-refractivity contribution in [1.82, 2.24) is 5.32 Å². The topological polar surface area (TPSA) is 29.1 Å². The van der Waals surface area contributed by atoms with Gasteiger partial charge in [-0.05, 0) is 12.0 Å². The smallest absolute Gasteiger partial charge is 0.279 e. The molecule has 0 spiro atoms. The molecule has 0 bridgehead atoms. The van der Waals surface area contributed by atoms with Crippen molar-refractivity contribution < 1.29 is 4.79 Å². The fourth-order valence-electron chi connectivity index (χ4n) is 2.09. The Labute approximate surface area is 127 Å². The lowest BCUT2D eigenvalue weighted by molar-refractivity contribution is 0.260. The number of rotatable bonds is 8. The van der Waals surface area contributed by atoms with E-state index in [1.54, 1.807) is 0 Å². The first-order valence-corrected chi connectivity index (χ1v) is 8.36. The molecule has 0 saturated heterocycles. The summed E-state index contributed by atoms with van der Waals surface area (Å²) in [7, 11) is 0. The Hall–Kier alpha value is -0.960. The molecule has 0 aliphatic rings. The Morgan fingerprint density at radius 2 is 1.85 bits per heavy atom. The van der Waals surface area contributed by atoms with Crippen LogP contribution in [0.2, 0.25) is 0 Å². The van der Waals surface area contributed by atoms with Gasteiger partial charge in [0.25, 0.3) is 5.24 Å². The van der Waals surface area contributed by atoms with Crippen molar-refractivity contribution in [3.8, 4) is 0 Å². The Morgan fingerprint density at radius 1 is 1.15 bits per heavy atom. The summed E-state index contributed by atoms with van der Waals surface area (Å²) in [5, 5.41) is 3.06. The van der Waals surface area contributed by atoms with Crippen LogP contribution in [0.15, 0.2) is 30.3 Å². The van der Waals surface area contributed by atoms with Crippen molar-refractivity contribution in [2.45, 2.75) is 64.2 Å². The third-order valence-electron chi connectivity index (χ3n) is 3.28. The van der Waals surface area contributed by atoms with Gasteiger partial charge in [0, 0.05) is 11.3 Å². The van der Waals surface area contributed by atoms with Gasteiger partial charge in [0.1, 0.15) is 0 Å². The maximum absolute atomic E-state index is 12.0. The SMILES string of the molecule is CCCCCCC(C)(C)SC(=O)NCc1ccccc1. The van der Waals surface area contributed by atoms with Crippen LogP contribution in [0.25, 0.3) is 0 Å². The van der Waals surface area contributed by atoms with E-state index in [2.05, 4.69) is 26.1 Å². The maximum atomic E-state index is 12.0. The summed E-state index contributed by atoms with van der Waals surface area (Å²) in [4.78, 5) is 12.0. The number of hydrogen-bond acceptors (Lipinski definition) is 2. The molecular weight excluding hydrogens is 266 g/mol. The van der Waals surface area contributed by atoms with Crippen LogP contribution in [0.1, 0.15) is 58.4 Å². The van der Waals surface area contributed by atoms with Crippen molar-refractivity contribution in [3.63, 3.8) is 0 Å². The van der Waals surface area contributed by atoms with Gasteiger partial charge in [-0.2, -0.15) is 0 Å². The molecule has 0 aliphatic carbocycles. The van der Waals surface area contributed by atoms with E-state index in [0.29, 0.717) is 6.54 Å². The molecule has 2 nitrogen and oxygen atoms in total. The molecule has 0 unspecified atom stereocenters. The Balaban J connectivity index is 2.26. The van der Waals surface area contributed by atoms with Crippen LogP contribution in [-0.4, -0.2) is 9.99 Å². The van der Waals surface area contributed by atoms with E-state index in [1.165, 1.54) is 37.4 Å². The highest BCUT2D eigenvalue weighted by Crippen LogP contribution is 2.30. The van der Waals surface area contributed by atoms with Gasteiger partial charge in [-0.15, -0.1) is 0 Å². The average Bonchev–Trinajstić information content (AvgIpc) is 2.42. The summed E-state index contributed by atoms with van der Waals surface area (Å²) >= 11 is 1.43. The lowest BCUT2D eigenvalue weighted by atomic mass is 10.0. The Bertz CT molecular complexity index is 389. The number of unbranched alkanes of at least 4 members (excludes halogenated alkanes) is 3. The van der Waals surface area contributed by atoms with Gasteiger partial charge >= 0.3 is 0 Å². The van der Waals surface area contributed by atoms with E-state index in [-0.39, 0.29) is 9.99 Å². The summed E-state index contributed by atoms with van der Waals surface area (Å²) in [6.07, 6.45) is 6.12. The molecule has 20 heavy (non-hydrogen) atoms. The maximum Gasteiger partial charge on any atom is 0.279 e. The van der Waals surface area contributed by atoms with E-state index in [4.69, 9.17) is 0 Å². The number of nitrogens with one attached hydrogen (secondary N) is 1. The van der Waals surface area contributed by atoms with Crippen molar-refractivity contribution in [2.75, 3.05) is 0 Å². The highest BCUT2D eigenvalue weighted by Gasteiger charge is 2.22. The average molecular weight is 293 g/mol. The molecule has 0 atom stereocenters. The molecule has 0 radical (unpaired) electrons. The highest BCUT2D eigenvalue weighted by molar-refractivity contribution is 8.14. The highest BCUT2D eigenvalue weighted by atomic mass is 32.2. The quantitative estimate of drug-likeness (QED) is 0.652. The molecule has 1 amide bonds. The van der Waals surface area contributed by atoms with Crippen molar-refractivity contribution in [2.24, 2.45) is 0 Å². The van der Waals surface area contributed by atoms with Crippen LogP contribution >= 0.6 is 11.8 Å². The molecule has 0 heterocycles. The fraction of sp³-hybridized carbons (Fsp3) is 0.588. The van der Waals surface area contributed by atoms with Gasteiger partial charge in [-0.25, -0.2) is 0 Å². The molecule has 0 saturated carbocycles. The number of benzene rings is 1. The fourth-order valence-corrected chi connectivity index (χ4v) is 2.98. The summed E-state index contributed by atoms with van der Waals surface area (Å²) in [5.74, 6) is 0. The molecule has 1 aromatic carbocycles. The molecule has 3 heteroatoms. The predicted octanol–water partition coefficient (Wildman–Crippen LogP) is 5.38. The summed E-state index contributed by atoms with van der Waals surface area (Å²) < 4.78 is 0.0223. The molecule has 112 valence electrons. The van der Waals surface area contributed by atoms with Crippen LogP contribution in [0, 0.1) is 0 Å². The Morgan fingerprint density at radius 3 is 2.50 bits per heavy atom. The largest absolute Gasteiger partial charge is 0.343 e. The van der Waals surface area contributed by atoms with Gasteiger partial charge in [0.2, 0.25) is 0 Å². The third-order valence-corrected chi connectivity index (χ3v) is 4.37. The number of hydrogen-bond donors (Lipinski definition) is 1. The van der Waals surface area contributed by atoms with Gasteiger partial charge in [-0.3, -0.25) is 4.79 Å². The minimum atomic E-state index is 0.0223. The second kappa shape index (κ2) is 9.06. The van der Waals surface area contributed by atoms with Crippen molar-refractivity contribution in [3.05, 3.63) is 35.9 Å². The first kappa shape index (κ1) is 17.1. The summed E-state index contributed by atoms with van der Waals surface area (Å²) in [6.45, 7) is 7.15. The number of carbonyl (C=O) groups is 1. The van der Waals surface area contributed by atoms with Crippen molar-refractivity contribution >= 4 is 17.0 Å². The number of amides is 1. The molecule has 0 fully saturated rings. The number of thioether (sulfide) groups is 1. The zero-order valence-corrected chi connectivity index (χ0v) is 13.8. The lowest BCUT2D eigenvalue weighted by Gasteiger charge is -2.23. The van der Waals surface area contributed by atoms with E-state index in [0.717, 1.165) is 12.0 Å². The minimum absolute atomic E-state index is 0.0223. The van der Waals surface area contributed by atoms with Crippen LogP contribution in [0.4, 0.5) is 4.79 Å². The standard InChI is InChI=1S/C17H27NOS/c1-4-5-6-10-13-17(2,3)20-16(19)18-14-15-11-8-7-9-12-15/h7-9,11-12H,4-6,10,13-14H2,1-3H3,(H,18,19). The molecule has 1 N–H and O–H groups in total. The van der Waals surface area contributed by atoms with E-state index in [9.17, 15) is 4.79 Å². The normalized spacial score (nSPS) is 11.3. The first-order chi connectivity index (χ1) is 9.53. The monoisotopic (exact) mass is 293 g/mol. The van der Waals surface area contributed by atoms with Crippen LogP contribution in [0.5, 0.6) is 0 Å². The van der Waals surface area contributed by atoms with E-state index in [1.807, 2.05) is 30.3 Å². The van der Waals surface area contributed by atoms with Gasteiger partial charge in [0.15, 0.2) is 0 Å². The Kier molecular flexibility index (Phi) is 7.75. The third kappa shape index (κ3) is 7.59. The number of carbonyl (C=O) groups excluding carboxylic acids is 1. The van der Waals surface area contributed by atoms with Gasteiger partial charge in [-0.1, -0.05) is 88.5 Å². The molecule has 1 rings (SSSR count). The summed E-state index contributed by atoms with van der Waals surface area (Å²) in [5.41, 5.74) is 1.14. The second-order valence-electron chi connectivity index (χ2n) is 5.80. The minimum Gasteiger partial charge on any atom is -0.343 e. The molecular formula is C17H27NOS. The molecule has 0 aromatic heterocycles. The van der Waals surface area contributed by atoms with Crippen LogP contribution in [-0.2, 0) is 6.54 Å². The lowest BCUT2D eigenvalue weighted by Crippen LogP contribution is -2.25. The van der Waals surface area contributed by atoms with Crippen LogP contribution in [0.3, 0.4) is 0 Å². The van der Waals surface area contributed by atoms with Gasteiger partial charge < -0.3 is 5.32 Å². The summed E-state index contributed by atoms with van der Waals surface area (Å²) in [6, 6.07) is 10.0. The van der Waals surface area contributed by atoms with Crippen molar-refractivity contribution in [1.29, 1.82) is 0 Å². The van der Waals surface area contributed by atoms with E-state index >= 15 is 0 Å². The molecule has 0 aliphatic heterocycles. The zero-order chi connectivity index (χ0) is 14.8.